The molecule has 0 atom stereocenters. The van der Waals surface area contributed by atoms with E-state index in [0.717, 1.165) is 16.7 Å². The molecule has 2 aromatic carbocycles. The lowest BCUT2D eigenvalue weighted by atomic mass is 10.2. The highest BCUT2D eigenvalue weighted by molar-refractivity contribution is 14.1. The van der Waals surface area contributed by atoms with Crippen molar-refractivity contribution < 1.29 is 24.2 Å². The molecule has 1 fully saturated rings. The smallest absolute Gasteiger partial charge is 0.294 e. The summed E-state index contributed by atoms with van der Waals surface area (Å²) < 4.78 is 6.32. The Morgan fingerprint density at radius 2 is 2.10 bits per heavy atom. The van der Waals surface area contributed by atoms with Gasteiger partial charge < -0.3 is 15.2 Å². The van der Waals surface area contributed by atoms with Crippen LogP contribution in [-0.2, 0) is 9.59 Å². The van der Waals surface area contributed by atoms with Crippen molar-refractivity contribution in [2.24, 2.45) is 0 Å². The van der Waals surface area contributed by atoms with Gasteiger partial charge in [0.1, 0.15) is 6.54 Å². The summed E-state index contributed by atoms with van der Waals surface area (Å²) in [5.74, 6) is -0.859. The summed E-state index contributed by atoms with van der Waals surface area (Å²) in [7, 11) is 1.42. The molecule has 1 heterocycles. The summed E-state index contributed by atoms with van der Waals surface area (Å²) in [6.07, 6.45) is 1.52. The zero-order valence-corrected chi connectivity index (χ0v) is 20.6. The Labute approximate surface area is 203 Å². The monoisotopic (exact) mass is 622 g/mol. The van der Waals surface area contributed by atoms with Crippen molar-refractivity contribution in [3.63, 3.8) is 0 Å². The van der Waals surface area contributed by atoms with Crippen LogP contribution in [0.15, 0.2) is 39.7 Å². The van der Waals surface area contributed by atoms with Gasteiger partial charge in [-0.1, -0.05) is 11.6 Å². The minimum atomic E-state index is -0.573. The van der Waals surface area contributed by atoms with Crippen LogP contribution in [0.4, 0.5) is 10.5 Å². The molecule has 0 aliphatic carbocycles. The lowest BCUT2D eigenvalue weighted by Gasteiger charge is -2.12. The first-order valence-corrected chi connectivity index (χ1v) is 11.3. The number of methoxy groups -OCH3 is 1. The second kappa shape index (κ2) is 9.58. The van der Waals surface area contributed by atoms with Crippen molar-refractivity contribution in [2.75, 3.05) is 19.0 Å². The number of aromatic hydroxyl groups is 1. The molecule has 7 nitrogen and oxygen atoms in total. The van der Waals surface area contributed by atoms with Crippen LogP contribution in [-0.4, -0.2) is 40.7 Å². The fourth-order valence-corrected chi connectivity index (χ4v) is 4.43. The molecular weight excluding hydrogens is 611 g/mol. The van der Waals surface area contributed by atoms with Crippen molar-refractivity contribution in [3.8, 4) is 11.5 Å². The highest BCUT2D eigenvalue weighted by atomic mass is 127. The van der Waals surface area contributed by atoms with Crippen LogP contribution in [0, 0.1) is 3.57 Å². The van der Waals surface area contributed by atoms with Crippen LogP contribution in [0.1, 0.15) is 5.56 Å². The third-order valence-corrected chi connectivity index (χ3v) is 6.91. The normalized spacial score (nSPS) is 15.1. The summed E-state index contributed by atoms with van der Waals surface area (Å²) in [6.45, 7) is -0.424. The number of hydrogen-bond donors (Lipinski definition) is 2. The number of carbonyl (C=O) groups excluding carboxylic acids is 3. The fraction of sp³-hybridized carbons (Fsp3) is 0.105. The summed E-state index contributed by atoms with van der Waals surface area (Å²) in [5, 5.41) is 12.4. The van der Waals surface area contributed by atoms with Gasteiger partial charge in [-0.05, 0) is 92.3 Å². The van der Waals surface area contributed by atoms with Crippen molar-refractivity contribution in [2.45, 2.75) is 0 Å². The van der Waals surface area contributed by atoms with Gasteiger partial charge in [-0.3, -0.25) is 19.3 Å². The summed E-state index contributed by atoms with van der Waals surface area (Å²) in [5.41, 5.74) is 1.02. The largest absolute Gasteiger partial charge is 0.504 e. The maximum Gasteiger partial charge on any atom is 0.294 e. The number of benzene rings is 2. The van der Waals surface area contributed by atoms with E-state index in [1.807, 2.05) is 22.6 Å². The molecule has 0 aromatic heterocycles. The summed E-state index contributed by atoms with van der Waals surface area (Å²) >= 11 is 11.9. The van der Waals surface area contributed by atoms with Gasteiger partial charge >= 0.3 is 0 Å². The van der Waals surface area contributed by atoms with E-state index in [-0.39, 0.29) is 16.4 Å². The molecule has 0 spiro atoms. The predicted molar refractivity (Wildman–Crippen MR) is 128 cm³/mol. The Morgan fingerprint density at radius 3 is 2.77 bits per heavy atom. The molecule has 156 valence electrons. The highest BCUT2D eigenvalue weighted by Gasteiger charge is 2.36. The van der Waals surface area contributed by atoms with Crippen molar-refractivity contribution >= 4 is 90.7 Å². The number of hydrogen-bond acceptors (Lipinski definition) is 6. The molecule has 2 aromatic rings. The number of rotatable bonds is 5. The number of nitrogens with zero attached hydrogens (tertiary/aromatic N) is 1. The van der Waals surface area contributed by atoms with Crippen LogP contribution < -0.4 is 10.1 Å². The van der Waals surface area contributed by atoms with E-state index in [1.54, 1.807) is 30.3 Å². The van der Waals surface area contributed by atoms with E-state index in [2.05, 4.69) is 21.2 Å². The van der Waals surface area contributed by atoms with Crippen molar-refractivity contribution in [1.82, 2.24) is 4.90 Å². The van der Waals surface area contributed by atoms with Gasteiger partial charge in [-0.25, -0.2) is 0 Å². The number of halogens is 3. The molecule has 0 unspecified atom stereocenters. The Kier molecular flexibility index (Phi) is 7.32. The van der Waals surface area contributed by atoms with E-state index < -0.39 is 23.6 Å². The average molecular weight is 624 g/mol. The van der Waals surface area contributed by atoms with Crippen molar-refractivity contribution in [1.29, 1.82) is 0 Å². The molecule has 0 bridgehead atoms. The zero-order valence-electron chi connectivity index (χ0n) is 15.2. The number of ether oxygens (including phenoxy) is 1. The van der Waals surface area contributed by atoms with Gasteiger partial charge in [0.25, 0.3) is 11.1 Å². The number of phenolic OH excluding ortho intramolecular Hbond substituents is 1. The van der Waals surface area contributed by atoms with Gasteiger partial charge in [0.15, 0.2) is 11.5 Å². The predicted octanol–water partition coefficient (Wildman–Crippen LogP) is 5.10. The topological polar surface area (TPSA) is 95.9 Å². The van der Waals surface area contributed by atoms with E-state index in [1.165, 1.54) is 13.2 Å². The van der Waals surface area contributed by atoms with Crippen LogP contribution >= 0.6 is 61.9 Å². The van der Waals surface area contributed by atoms with Gasteiger partial charge in [-0.2, -0.15) is 0 Å². The molecule has 3 amide bonds. The number of phenols is 1. The van der Waals surface area contributed by atoms with E-state index >= 15 is 0 Å². The second-order valence-corrected chi connectivity index (χ2v) is 9.42. The van der Waals surface area contributed by atoms with E-state index in [0.29, 0.717) is 24.3 Å². The van der Waals surface area contributed by atoms with Gasteiger partial charge in [-0.15, -0.1) is 0 Å². The molecule has 1 aliphatic rings. The second-order valence-electron chi connectivity index (χ2n) is 6.00. The lowest BCUT2D eigenvalue weighted by molar-refractivity contribution is -0.127. The Morgan fingerprint density at radius 1 is 1.37 bits per heavy atom. The standard InChI is InChI=1S/C19H13BrClIN2O5S/c1-29-14-5-9(4-13(22)17(14)26)6-15-18(27)24(19(28)30-15)8-16(25)23-10-2-3-11(20)12(21)7-10/h2-7,26H,8H2,1H3,(H,23,25)/b15-6+. The quantitative estimate of drug-likeness (QED) is 0.356. The molecule has 2 N–H and O–H groups in total. The Bertz CT molecular complexity index is 1090. The lowest BCUT2D eigenvalue weighted by Crippen LogP contribution is -2.36. The molecule has 1 aliphatic heterocycles. The highest BCUT2D eigenvalue weighted by Crippen LogP contribution is 2.36. The fourth-order valence-electron chi connectivity index (χ4n) is 2.54. The van der Waals surface area contributed by atoms with Gasteiger partial charge in [0.2, 0.25) is 5.91 Å². The first-order valence-electron chi connectivity index (χ1n) is 8.26. The first kappa shape index (κ1) is 22.9. The number of carbonyl (C=O) groups is 3. The summed E-state index contributed by atoms with van der Waals surface area (Å²) in [4.78, 5) is 38.2. The third-order valence-electron chi connectivity index (χ3n) is 3.95. The van der Waals surface area contributed by atoms with Gasteiger partial charge in [0.05, 0.1) is 20.6 Å². The maximum absolute atomic E-state index is 12.6. The Hall–Kier alpha value is -1.76. The average Bonchev–Trinajstić information content (AvgIpc) is 2.94. The number of thioether (sulfide) groups is 1. The number of amides is 3. The van der Waals surface area contributed by atoms with E-state index in [4.69, 9.17) is 16.3 Å². The molecule has 1 saturated heterocycles. The summed E-state index contributed by atoms with van der Waals surface area (Å²) in [6, 6.07) is 8.07. The number of nitrogens with one attached hydrogen (secondary N) is 1. The maximum atomic E-state index is 12.6. The molecule has 3 rings (SSSR count). The van der Waals surface area contributed by atoms with Crippen LogP contribution in [0.2, 0.25) is 5.02 Å². The molecule has 0 radical (unpaired) electrons. The molecule has 30 heavy (non-hydrogen) atoms. The van der Waals surface area contributed by atoms with Crippen LogP contribution in [0.5, 0.6) is 11.5 Å². The Balaban J connectivity index is 1.74. The van der Waals surface area contributed by atoms with Gasteiger partial charge in [0, 0.05) is 10.2 Å². The molecular formula is C19H13BrClIN2O5S. The number of imide groups is 1. The van der Waals surface area contributed by atoms with Crippen LogP contribution in [0.3, 0.4) is 0 Å². The molecule has 11 heteroatoms. The van der Waals surface area contributed by atoms with Crippen molar-refractivity contribution in [3.05, 3.63) is 53.9 Å². The zero-order chi connectivity index (χ0) is 22.0. The van der Waals surface area contributed by atoms with Crippen LogP contribution in [0.25, 0.3) is 6.08 Å². The first-order chi connectivity index (χ1) is 14.2. The molecule has 0 saturated carbocycles. The van der Waals surface area contributed by atoms with E-state index in [9.17, 15) is 19.5 Å². The minimum absolute atomic E-state index is 0.00642. The number of anilines is 1. The third kappa shape index (κ3) is 5.10. The SMILES string of the molecule is COc1cc(/C=C2/SC(=O)N(CC(=O)Nc3ccc(Br)c(Cl)c3)C2=O)cc(I)c1O. The minimum Gasteiger partial charge on any atom is -0.504 e.